The van der Waals surface area contributed by atoms with Crippen molar-refractivity contribution in [1.82, 2.24) is 15.1 Å². The van der Waals surface area contributed by atoms with Crippen molar-refractivity contribution in [1.29, 1.82) is 0 Å². The van der Waals surface area contributed by atoms with E-state index in [4.69, 9.17) is 10.5 Å². The number of carbonyl (C=O) groups excluding carboxylic acids is 2. The number of hydrogen-bond acceptors (Lipinski definition) is 9. The Kier molecular flexibility index (Phi) is 6.11. The molecule has 3 heterocycles. The highest BCUT2D eigenvalue weighted by molar-refractivity contribution is 8.00. The van der Waals surface area contributed by atoms with E-state index in [1.54, 1.807) is 0 Å². The summed E-state index contributed by atoms with van der Waals surface area (Å²) in [5.41, 5.74) is 8.54. The molecule has 0 spiro atoms. The number of β-lactam (4-membered cyclic amide) rings is 1. The van der Waals surface area contributed by atoms with Gasteiger partial charge in [-0.1, -0.05) is 72.0 Å². The largest absolute Gasteiger partial charge is 0.448 e. The van der Waals surface area contributed by atoms with Crippen molar-refractivity contribution >= 4 is 45.7 Å². The number of thioether (sulfide) groups is 1. The summed E-state index contributed by atoms with van der Waals surface area (Å²) < 4.78 is 6.11. The van der Waals surface area contributed by atoms with Gasteiger partial charge in [-0.2, -0.15) is 0 Å². The lowest BCUT2D eigenvalue weighted by atomic mass is 10.0. The first-order valence-electron chi connectivity index (χ1n) is 10.7. The Morgan fingerprint density at radius 2 is 1.71 bits per heavy atom. The van der Waals surface area contributed by atoms with Crippen molar-refractivity contribution in [3.05, 3.63) is 82.5 Å². The Hall–Kier alpha value is -3.21. The minimum Gasteiger partial charge on any atom is -0.448 e. The average molecular weight is 494 g/mol. The molecule has 1 saturated heterocycles. The molecule has 2 atom stereocenters. The number of nitrogens with two attached hydrogens (primary N) is 1. The summed E-state index contributed by atoms with van der Waals surface area (Å²) in [6.07, 6.45) is -0.631. The maximum atomic E-state index is 13.7. The first-order chi connectivity index (χ1) is 16.5. The highest BCUT2D eigenvalue weighted by atomic mass is 32.2. The molecule has 2 aliphatic rings. The zero-order chi connectivity index (χ0) is 23.8. The molecule has 2 N–H and O–H groups in total. The number of amides is 1. The summed E-state index contributed by atoms with van der Waals surface area (Å²) in [6, 6.07) is 18.5. The summed E-state index contributed by atoms with van der Waals surface area (Å²) in [7, 11) is 3.75. The molecule has 1 amide bonds. The molecular weight excluding hydrogens is 470 g/mol. The second-order valence-corrected chi connectivity index (χ2v) is 10.2. The third kappa shape index (κ3) is 3.97. The van der Waals surface area contributed by atoms with Crippen molar-refractivity contribution in [2.75, 3.05) is 24.7 Å². The van der Waals surface area contributed by atoms with Gasteiger partial charge in [0.25, 0.3) is 0 Å². The second-order valence-electron chi connectivity index (χ2n) is 8.15. The Bertz CT molecular complexity index is 1210. The molecule has 10 heteroatoms. The van der Waals surface area contributed by atoms with Gasteiger partial charge in [-0.05, 0) is 11.1 Å². The zero-order valence-corrected chi connectivity index (χ0v) is 20.3. The van der Waals surface area contributed by atoms with Gasteiger partial charge in [-0.25, -0.2) is 4.79 Å². The lowest BCUT2D eigenvalue weighted by molar-refractivity contribution is -0.152. The molecule has 2 aliphatic heterocycles. The number of carbonyl (C=O) groups is 2. The van der Waals surface area contributed by atoms with Crippen LogP contribution in [-0.4, -0.2) is 58.2 Å². The summed E-state index contributed by atoms with van der Waals surface area (Å²) in [6.45, 7) is 0. The summed E-state index contributed by atoms with van der Waals surface area (Å²) in [5, 5.41) is 9.50. The number of ether oxygens (including phenoxy) is 1. The molecule has 2 unspecified atom stereocenters. The fourth-order valence-electron chi connectivity index (χ4n) is 3.93. The number of esters is 1. The van der Waals surface area contributed by atoms with E-state index < -0.39 is 18.1 Å². The van der Waals surface area contributed by atoms with E-state index in [1.807, 2.05) is 79.7 Å². The predicted octanol–water partition coefficient (Wildman–Crippen LogP) is 2.89. The van der Waals surface area contributed by atoms with E-state index in [0.29, 0.717) is 21.5 Å². The molecule has 0 bridgehead atoms. The van der Waals surface area contributed by atoms with Gasteiger partial charge >= 0.3 is 5.97 Å². The van der Waals surface area contributed by atoms with Gasteiger partial charge in [-0.15, -0.1) is 22.0 Å². The molecule has 1 aromatic heterocycles. The van der Waals surface area contributed by atoms with Crippen LogP contribution in [0.2, 0.25) is 0 Å². The fraction of sp³-hybridized carbons (Fsp3) is 0.250. The Morgan fingerprint density at radius 1 is 1.09 bits per heavy atom. The second kappa shape index (κ2) is 9.21. The van der Waals surface area contributed by atoms with Gasteiger partial charge in [0, 0.05) is 25.4 Å². The van der Waals surface area contributed by atoms with Crippen LogP contribution in [0.4, 0.5) is 5.13 Å². The molecule has 1 fully saturated rings. The zero-order valence-electron chi connectivity index (χ0n) is 18.6. The fourth-order valence-corrected chi connectivity index (χ4v) is 6.13. The third-order valence-electron chi connectivity index (χ3n) is 5.69. The smallest absolute Gasteiger partial charge is 0.356 e. The van der Waals surface area contributed by atoms with Crippen LogP contribution in [0.1, 0.15) is 22.2 Å². The molecule has 34 heavy (non-hydrogen) atoms. The number of aromatic nitrogens is 2. The van der Waals surface area contributed by atoms with Crippen molar-refractivity contribution < 1.29 is 14.3 Å². The third-order valence-corrected chi connectivity index (χ3v) is 8.14. The lowest BCUT2D eigenvalue weighted by Gasteiger charge is -2.48. The van der Waals surface area contributed by atoms with Gasteiger partial charge < -0.3 is 15.4 Å². The van der Waals surface area contributed by atoms with Gasteiger partial charge in [0.1, 0.15) is 22.1 Å². The molecule has 0 radical (unpaired) electrons. The van der Waals surface area contributed by atoms with Gasteiger partial charge in [0.2, 0.25) is 11.0 Å². The number of benzene rings is 2. The van der Waals surface area contributed by atoms with Crippen LogP contribution in [0.5, 0.6) is 0 Å². The maximum Gasteiger partial charge on any atom is 0.356 e. The summed E-state index contributed by atoms with van der Waals surface area (Å²) in [5.74, 6) is -0.398. The number of hydrogen-bond donors (Lipinski definition) is 1. The van der Waals surface area contributed by atoms with Crippen molar-refractivity contribution in [3.8, 4) is 0 Å². The van der Waals surface area contributed by atoms with Crippen LogP contribution in [0.15, 0.2) is 66.4 Å². The van der Waals surface area contributed by atoms with Crippen LogP contribution < -0.4 is 10.6 Å². The molecule has 3 aromatic rings. The molecule has 0 aliphatic carbocycles. The molecule has 5 rings (SSSR count). The first-order valence-corrected chi connectivity index (χ1v) is 12.6. The van der Waals surface area contributed by atoms with Crippen LogP contribution in [0, 0.1) is 0 Å². The Morgan fingerprint density at radius 3 is 2.26 bits per heavy atom. The van der Waals surface area contributed by atoms with E-state index in [1.165, 1.54) is 28.0 Å². The predicted molar refractivity (Wildman–Crippen MR) is 133 cm³/mol. The van der Waals surface area contributed by atoms with Crippen LogP contribution in [0.3, 0.4) is 0 Å². The van der Waals surface area contributed by atoms with E-state index in [0.717, 1.165) is 11.1 Å². The highest BCUT2D eigenvalue weighted by Gasteiger charge is 2.53. The average Bonchev–Trinajstić information content (AvgIpc) is 3.37. The number of rotatable bonds is 6. The Labute approximate surface area is 205 Å². The number of fused-ring (bicyclic) bond motifs is 1. The van der Waals surface area contributed by atoms with E-state index in [-0.39, 0.29) is 17.0 Å². The highest BCUT2D eigenvalue weighted by Crippen LogP contribution is 2.44. The van der Waals surface area contributed by atoms with Crippen molar-refractivity contribution in [2.24, 2.45) is 5.73 Å². The van der Waals surface area contributed by atoms with Crippen LogP contribution in [0.25, 0.3) is 5.57 Å². The van der Waals surface area contributed by atoms with Gasteiger partial charge in [-0.3, -0.25) is 9.69 Å². The first kappa shape index (κ1) is 22.6. The van der Waals surface area contributed by atoms with Gasteiger partial charge in [0.15, 0.2) is 6.10 Å². The molecule has 174 valence electrons. The molecule has 2 aromatic carbocycles. The van der Waals surface area contributed by atoms with Crippen molar-refractivity contribution in [2.45, 2.75) is 17.5 Å². The van der Waals surface area contributed by atoms with E-state index >= 15 is 0 Å². The number of nitrogens with zero attached hydrogens (tertiary/aromatic N) is 4. The summed E-state index contributed by atoms with van der Waals surface area (Å²) in [4.78, 5) is 29.8. The van der Waals surface area contributed by atoms with E-state index in [9.17, 15) is 9.59 Å². The van der Waals surface area contributed by atoms with E-state index in [2.05, 4.69) is 10.2 Å². The maximum absolute atomic E-state index is 13.7. The minimum atomic E-state index is -0.639. The molecular formula is C24H23N5O3S2. The number of anilines is 1. The topological polar surface area (TPSA) is 102 Å². The molecule has 0 saturated carbocycles. The normalized spacial score (nSPS) is 19.6. The monoisotopic (exact) mass is 493 g/mol. The minimum absolute atomic E-state index is 0.203. The lowest BCUT2D eigenvalue weighted by Crippen LogP contribution is -2.68. The SMILES string of the molecule is CN(C)c1nnc(C2=C(C(=O)OC(c3ccccc3)c3ccccc3)N3C(=O)C(N)C3SC2)s1. The van der Waals surface area contributed by atoms with Crippen LogP contribution >= 0.6 is 23.1 Å². The summed E-state index contributed by atoms with van der Waals surface area (Å²) >= 11 is 2.88. The van der Waals surface area contributed by atoms with Crippen molar-refractivity contribution in [3.63, 3.8) is 0 Å². The quantitative estimate of drug-likeness (QED) is 0.413. The van der Waals surface area contributed by atoms with Crippen LogP contribution in [-0.2, 0) is 14.3 Å². The van der Waals surface area contributed by atoms with Gasteiger partial charge in [0.05, 0.1) is 0 Å². The molecule has 8 nitrogen and oxygen atoms in total. The Balaban J connectivity index is 1.56. The standard InChI is InChI=1S/C24H23N5O3S2/c1-28(2)24-27-26-20(34-24)16-13-33-22-17(25)21(30)29(22)18(16)23(31)32-19(14-9-5-3-6-10-14)15-11-7-4-8-12-15/h3-12,17,19,22H,13,25H2,1-2H3.